The number of carbonyl (C=O) groups is 2. The monoisotopic (exact) mass is 470 g/mol. The van der Waals surface area contributed by atoms with Gasteiger partial charge in [-0.25, -0.2) is 0 Å². The molecule has 1 aromatic heterocycles. The fourth-order valence-corrected chi connectivity index (χ4v) is 6.01. The Kier molecular flexibility index (Phi) is 6.63. The molecule has 174 valence electrons. The summed E-state index contributed by atoms with van der Waals surface area (Å²) in [6, 6.07) is 21.9. The van der Waals surface area contributed by atoms with E-state index in [0.29, 0.717) is 12.8 Å². The van der Waals surface area contributed by atoms with Crippen LogP contribution >= 0.6 is 11.3 Å². The highest BCUT2D eigenvalue weighted by Crippen LogP contribution is 2.48. The van der Waals surface area contributed by atoms with Crippen LogP contribution in [0.2, 0.25) is 0 Å². The van der Waals surface area contributed by atoms with Gasteiger partial charge in [0.05, 0.1) is 11.4 Å². The largest absolute Gasteiger partial charge is 0.357 e. The van der Waals surface area contributed by atoms with E-state index in [0.717, 1.165) is 53.2 Å². The van der Waals surface area contributed by atoms with Crippen LogP contribution in [0, 0.1) is 0 Å². The Labute approximate surface area is 205 Å². The Hall–Kier alpha value is -3.18. The number of amides is 1. The third-order valence-electron chi connectivity index (χ3n) is 6.84. The van der Waals surface area contributed by atoms with Crippen molar-refractivity contribution in [2.45, 2.75) is 57.4 Å². The molecule has 1 amide bonds. The normalized spacial score (nSPS) is 19.8. The number of para-hydroxylation sites is 2. The van der Waals surface area contributed by atoms with Gasteiger partial charge in [0, 0.05) is 29.0 Å². The number of benzene rings is 2. The van der Waals surface area contributed by atoms with Crippen molar-refractivity contribution in [3.63, 3.8) is 0 Å². The smallest absolute Gasteiger partial charge is 0.227 e. The highest BCUT2D eigenvalue weighted by atomic mass is 32.1. The number of hydrogen-bond donors (Lipinski definition) is 1. The Morgan fingerprint density at radius 3 is 2.56 bits per heavy atom. The molecule has 2 heterocycles. The molecule has 0 saturated heterocycles. The van der Waals surface area contributed by atoms with Gasteiger partial charge in [-0.15, -0.1) is 11.3 Å². The topological polar surface area (TPSA) is 49.4 Å². The summed E-state index contributed by atoms with van der Waals surface area (Å²) >= 11 is 1.61. The number of ketones is 1. The number of anilines is 2. The van der Waals surface area contributed by atoms with Crippen LogP contribution in [-0.4, -0.2) is 11.7 Å². The van der Waals surface area contributed by atoms with Gasteiger partial charge in [-0.05, 0) is 47.9 Å². The zero-order chi connectivity index (χ0) is 23.5. The first kappa shape index (κ1) is 22.6. The average molecular weight is 471 g/mol. The van der Waals surface area contributed by atoms with E-state index >= 15 is 0 Å². The van der Waals surface area contributed by atoms with Gasteiger partial charge in [0.15, 0.2) is 5.78 Å². The van der Waals surface area contributed by atoms with Crippen LogP contribution in [-0.2, 0) is 9.59 Å². The van der Waals surface area contributed by atoms with Gasteiger partial charge in [-0.2, -0.15) is 0 Å². The highest BCUT2D eigenvalue weighted by Gasteiger charge is 2.41. The van der Waals surface area contributed by atoms with Crippen molar-refractivity contribution in [3.8, 4) is 0 Å². The van der Waals surface area contributed by atoms with E-state index in [1.807, 2.05) is 58.8 Å². The quantitative estimate of drug-likeness (QED) is 0.387. The molecule has 3 aromatic rings. The number of carbonyl (C=O) groups excluding carboxylic acids is 2. The van der Waals surface area contributed by atoms with Crippen molar-refractivity contribution in [2.75, 3.05) is 10.2 Å². The third kappa shape index (κ3) is 4.32. The van der Waals surface area contributed by atoms with Gasteiger partial charge in [0.25, 0.3) is 0 Å². The minimum absolute atomic E-state index is 0.0767. The fraction of sp³-hybridized carbons (Fsp3) is 0.310. The van der Waals surface area contributed by atoms with Gasteiger partial charge in [0.2, 0.25) is 5.91 Å². The number of Topliss-reactive ketones (excluding diaryl/α,β-unsaturated/α-hetero) is 1. The van der Waals surface area contributed by atoms with Gasteiger partial charge < -0.3 is 5.32 Å². The number of unbranched alkanes of at least 4 members (excludes halogenated alkanes) is 2. The van der Waals surface area contributed by atoms with E-state index in [9.17, 15) is 9.59 Å². The molecular weight excluding hydrogens is 440 g/mol. The van der Waals surface area contributed by atoms with Gasteiger partial charge in [-0.3, -0.25) is 14.5 Å². The molecule has 0 bridgehead atoms. The molecule has 1 N–H and O–H groups in total. The van der Waals surface area contributed by atoms with Crippen molar-refractivity contribution >= 4 is 34.4 Å². The molecule has 5 rings (SSSR count). The van der Waals surface area contributed by atoms with Crippen LogP contribution in [0.1, 0.15) is 67.8 Å². The van der Waals surface area contributed by atoms with Gasteiger partial charge >= 0.3 is 0 Å². The van der Waals surface area contributed by atoms with Crippen LogP contribution in [0.5, 0.6) is 0 Å². The van der Waals surface area contributed by atoms with Crippen LogP contribution in [0.4, 0.5) is 11.4 Å². The molecule has 0 saturated carbocycles. The molecule has 0 spiro atoms. The molecule has 0 fully saturated rings. The summed E-state index contributed by atoms with van der Waals surface area (Å²) in [5, 5.41) is 5.63. The Bertz CT molecular complexity index is 1200. The first-order chi connectivity index (χ1) is 16.7. The maximum absolute atomic E-state index is 13.8. The number of nitrogens with one attached hydrogen (secondary N) is 1. The van der Waals surface area contributed by atoms with E-state index in [2.05, 4.69) is 30.4 Å². The van der Waals surface area contributed by atoms with Gasteiger partial charge in [0.1, 0.15) is 6.04 Å². The van der Waals surface area contributed by atoms with Crippen LogP contribution < -0.4 is 10.2 Å². The number of hydrogen-bond acceptors (Lipinski definition) is 4. The lowest BCUT2D eigenvalue weighted by atomic mass is 9.79. The number of allylic oxidation sites excluding steroid dienone is 1. The van der Waals surface area contributed by atoms with E-state index in [-0.39, 0.29) is 17.6 Å². The third-order valence-corrected chi connectivity index (χ3v) is 7.76. The van der Waals surface area contributed by atoms with E-state index in [1.54, 1.807) is 11.3 Å². The van der Waals surface area contributed by atoms with Crippen LogP contribution in [0.25, 0.3) is 0 Å². The molecule has 2 aliphatic rings. The summed E-state index contributed by atoms with van der Waals surface area (Å²) in [5.74, 6) is 0.330. The zero-order valence-electron chi connectivity index (χ0n) is 19.5. The van der Waals surface area contributed by atoms with Crippen molar-refractivity contribution in [1.82, 2.24) is 0 Å². The fourth-order valence-electron chi connectivity index (χ4n) is 5.19. The van der Waals surface area contributed by atoms with Gasteiger partial charge in [-0.1, -0.05) is 68.3 Å². The summed E-state index contributed by atoms with van der Waals surface area (Å²) in [6.45, 7) is 2.14. The van der Waals surface area contributed by atoms with Crippen LogP contribution in [0.15, 0.2) is 83.4 Å². The molecule has 1 aliphatic carbocycles. The molecule has 2 aromatic carbocycles. The predicted octanol–water partition coefficient (Wildman–Crippen LogP) is 7.23. The molecule has 34 heavy (non-hydrogen) atoms. The minimum Gasteiger partial charge on any atom is -0.357 e. The first-order valence-electron chi connectivity index (χ1n) is 12.2. The molecule has 0 radical (unpaired) electrons. The lowest BCUT2D eigenvalue weighted by molar-refractivity contribution is -0.119. The molecule has 4 nitrogen and oxygen atoms in total. The summed E-state index contributed by atoms with van der Waals surface area (Å²) < 4.78 is 0. The maximum Gasteiger partial charge on any atom is 0.227 e. The van der Waals surface area contributed by atoms with Crippen molar-refractivity contribution < 1.29 is 9.59 Å². The highest BCUT2D eigenvalue weighted by molar-refractivity contribution is 7.10. The Morgan fingerprint density at radius 1 is 1.00 bits per heavy atom. The Balaban J connectivity index is 1.63. The first-order valence-corrected chi connectivity index (χ1v) is 13.1. The van der Waals surface area contributed by atoms with Crippen molar-refractivity contribution in [2.24, 2.45) is 0 Å². The molecule has 2 atom stereocenters. The SMILES string of the molecule is CCCCCC(=O)N1c2ccccc2NC2=C(C(=O)C[C@@H](c3ccccc3)C2)[C@H]1c1cccs1. The van der Waals surface area contributed by atoms with Crippen LogP contribution in [0.3, 0.4) is 0 Å². The van der Waals surface area contributed by atoms with E-state index < -0.39 is 6.04 Å². The number of nitrogens with zero attached hydrogens (tertiary/aromatic N) is 1. The van der Waals surface area contributed by atoms with Crippen molar-refractivity contribution in [3.05, 3.63) is 93.8 Å². The number of thiophene rings is 1. The zero-order valence-corrected chi connectivity index (χ0v) is 20.3. The van der Waals surface area contributed by atoms with Crippen molar-refractivity contribution in [1.29, 1.82) is 0 Å². The Morgan fingerprint density at radius 2 is 1.79 bits per heavy atom. The minimum atomic E-state index is -0.399. The number of fused-ring (bicyclic) bond motifs is 1. The molecule has 0 unspecified atom stereocenters. The second kappa shape index (κ2) is 9.98. The lowest BCUT2D eigenvalue weighted by Gasteiger charge is -2.34. The van der Waals surface area contributed by atoms with E-state index in [1.165, 1.54) is 5.56 Å². The summed E-state index contributed by atoms with van der Waals surface area (Å²) in [6.07, 6.45) is 4.63. The maximum atomic E-state index is 13.8. The molecule has 5 heteroatoms. The summed E-state index contributed by atoms with van der Waals surface area (Å²) in [4.78, 5) is 30.5. The molecular formula is C29H30N2O2S. The standard InChI is InChI=1S/C29H30N2O2S/c1-2-3-5-16-27(33)31-24-14-9-8-13-22(24)30-23-18-21(20-11-6-4-7-12-20)19-25(32)28(23)29(31)26-15-10-17-34-26/h4,6-15,17,21,29-30H,2-3,5,16,18-19H2,1H3/t21-,29+/m0/s1. The molecule has 1 aliphatic heterocycles. The lowest BCUT2D eigenvalue weighted by Crippen LogP contribution is -2.38. The number of rotatable bonds is 6. The summed E-state index contributed by atoms with van der Waals surface area (Å²) in [5.41, 5.74) is 4.61. The second-order valence-electron chi connectivity index (χ2n) is 9.11. The predicted molar refractivity (Wildman–Crippen MR) is 139 cm³/mol. The summed E-state index contributed by atoms with van der Waals surface area (Å²) in [7, 11) is 0. The second-order valence-corrected chi connectivity index (χ2v) is 10.1. The van der Waals surface area contributed by atoms with E-state index in [4.69, 9.17) is 0 Å². The average Bonchev–Trinajstić information content (AvgIpc) is 3.34.